The molecule has 0 aliphatic heterocycles. The summed E-state index contributed by atoms with van der Waals surface area (Å²) < 4.78 is 25.9. The minimum absolute atomic E-state index is 0.0351. The van der Waals surface area contributed by atoms with Crippen molar-refractivity contribution < 1.29 is 22.8 Å². The third-order valence-electron chi connectivity index (χ3n) is 7.40. The van der Waals surface area contributed by atoms with Gasteiger partial charge in [0.15, 0.2) is 5.78 Å². The zero-order chi connectivity index (χ0) is 33.9. The number of rotatable bonds is 9. The monoisotopic (exact) mass is 780 g/mol. The van der Waals surface area contributed by atoms with E-state index in [0.717, 1.165) is 68.3 Å². The largest absolute Gasteiger partial charge is 0.461 e. The first-order valence-corrected chi connectivity index (χ1v) is 17.5. The summed E-state index contributed by atoms with van der Waals surface area (Å²) in [7, 11) is 0. The normalized spacial score (nSPS) is 10.7. The summed E-state index contributed by atoms with van der Waals surface area (Å²) in [5.41, 5.74) is 4.62. The van der Waals surface area contributed by atoms with Crippen LogP contribution in [-0.4, -0.2) is 11.0 Å². The van der Waals surface area contributed by atoms with Gasteiger partial charge in [0.1, 0.15) is 28.5 Å². The molecule has 0 saturated heterocycles. The molecular formula is C39H36Br2ClFO4. The van der Waals surface area contributed by atoms with Gasteiger partial charge in [0.2, 0.25) is 0 Å². The predicted molar refractivity (Wildman–Crippen MR) is 196 cm³/mol. The average molecular weight is 783 g/mol. The van der Waals surface area contributed by atoms with E-state index >= 15 is 0 Å². The zero-order valence-electron chi connectivity index (χ0n) is 26.5. The van der Waals surface area contributed by atoms with Crippen LogP contribution in [0.1, 0.15) is 82.9 Å². The summed E-state index contributed by atoms with van der Waals surface area (Å²) in [4.78, 5) is 23.5. The fourth-order valence-corrected chi connectivity index (χ4v) is 5.72. The molecule has 0 aliphatic carbocycles. The maximum Gasteiger partial charge on any atom is 0.252 e. The summed E-state index contributed by atoms with van der Waals surface area (Å²) in [5.74, 6) is 1.56. The Morgan fingerprint density at radius 1 is 0.723 bits per heavy atom. The molecule has 2 heterocycles. The van der Waals surface area contributed by atoms with Crippen molar-refractivity contribution in [1.82, 2.24) is 0 Å². The van der Waals surface area contributed by atoms with E-state index in [1.54, 1.807) is 0 Å². The van der Waals surface area contributed by atoms with Gasteiger partial charge >= 0.3 is 0 Å². The Morgan fingerprint density at radius 2 is 1.32 bits per heavy atom. The molecule has 0 fully saturated rings. The second-order valence-electron chi connectivity index (χ2n) is 11.1. The van der Waals surface area contributed by atoms with Crippen LogP contribution in [0.25, 0.3) is 21.9 Å². The molecule has 0 aliphatic rings. The minimum atomic E-state index is -0.569. The Morgan fingerprint density at radius 3 is 1.96 bits per heavy atom. The molecule has 0 atom stereocenters. The Bertz CT molecular complexity index is 1940. The predicted octanol–water partition coefficient (Wildman–Crippen LogP) is 12.8. The molecule has 6 aromatic rings. The molecular weight excluding hydrogens is 747 g/mol. The highest BCUT2D eigenvalue weighted by Crippen LogP contribution is 2.32. The quantitative estimate of drug-likeness (QED) is 0.108. The van der Waals surface area contributed by atoms with Crippen molar-refractivity contribution in [2.24, 2.45) is 0 Å². The number of ketones is 1. The third-order valence-corrected chi connectivity index (χ3v) is 8.60. The van der Waals surface area contributed by atoms with Crippen LogP contribution < -0.4 is 0 Å². The van der Waals surface area contributed by atoms with Gasteiger partial charge in [-0.15, -0.1) is 0 Å². The van der Waals surface area contributed by atoms with E-state index in [1.807, 2.05) is 61.5 Å². The third kappa shape index (κ3) is 10.2. The van der Waals surface area contributed by atoms with Crippen LogP contribution in [0.5, 0.6) is 0 Å². The van der Waals surface area contributed by atoms with Crippen molar-refractivity contribution in [3.8, 4) is 0 Å². The Hall–Kier alpha value is -3.52. The van der Waals surface area contributed by atoms with Crippen molar-refractivity contribution in [2.45, 2.75) is 59.3 Å². The summed E-state index contributed by atoms with van der Waals surface area (Å²) in [6, 6.07) is 26.8. The molecule has 0 spiro atoms. The number of carbonyl (C=O) groups is 2. The van der Waals surface area contributed by atoms with E-state index in [1.165, 1.54) is 42.5 Å². The first kappa shape index (κ1) is 36.3. The lowest BCUT2D eigenvalue weighted by atomic mass is 9.98. The van der Waals surface area contributed by atoms with Gasteiger partial charge in [0, 0.05) is 43.7 Å². The van der Waals surface area contributed by atoms with E-state index in [2.05, 4.69) is 57.8 Å². The van der Waals surface area contributed by atoms with E-state index in [4.69, 9.17) is 20.4 Å². The summed E-state index contributed by atoms with van der Waals surface area (Å²) >= 11 is 12.0. The van der Waals surface area contributed by atoms with Gasteiger partial charge in [0.25, 0.3) is 5.24 Å². The fourth-order valence-electron chi connectivity index (χ4n) is 4.86. The van der Waals surface area contributed by atoms with Crippen molar-refractivity contribution in [3.05, 3.63) is 140 Å². The lowest BCUT2D eigenvalue weighted by Crippen LogP contribution is -2.04. The Labute approximate surface area is 296 Å². The molecule has 244 valence electrons. The average Bonchev–Trinajstić information content (AvgIpc) is 3.63. The number of unbranched alkanes of at least 4 members (excludes halogenated alkanes) is 2. The SMILES string of the molecule is CCCCc1cc2cc(Br)ccc2o1.CCCCc1oc2ccc(Br)cc2c1C(=O)c1ccc(C)cc1.O=C(Cl)c1ccc(F)cc1. The van der Waals surface area contributed by atoms with Gasteiger partial charge in [-0.05, 0) is 98.1 Å². The van der Waals surface area contributed by atoms with Crippen LogP contribution in [-0.2, 0) is 12.8 Å². The minimum Gasteiger partial charge on any atom is -0.461 e. The zero-order valence-corrected chi connectivity index (χ0v) is 30.5. The smallest absolute Gasteiger partial charge is 0.252 e. The van der Waals surface area contributed by atoms with E-state index in [-0.39, 0.29) is 11.6 Å². The molecule has 8 heteroatoms. The highest BCUT2D eigenvalue weighted by molar-refractivity contribution is 9.10. The second kappa shape index (κ2) is 17.6. The number of benzene rings is 4. The number of hydrogen-bond acceptors (Lipinski definition) is 4. The van der Waals surface area contributed by atoms with Gasteiger partial charge in [-0.25, -0.2) is 4.39 Å². The first-order valence-electron chi connectivity index (χ1n) is 15.5. The lowest BCUT2D eigenvalue weighted by Gasteiger charge is -2.03. The van der Waals surface area contributed by atoms with Crippen LogP contribution in [0.2, 0.25) is 0 Å². The molecule has 2 aromatic heterocycles. The van der Waals surface area contributed by atoms with Gasteiger partial charge < -0.3 is 8.83 Å². The van der Waals surface area contributed by atoms with Crippen LogP contribution in [0.15, 0.2) is 109 Å². The topological polar surface area (TPSA) is 60.4 Å². The van der Waals surface area contributed by atoms with Gasteiger partial charge in [-0.1, -0.05) is 88.4 Å². The van der Waals surface area contributed by atoms with Crippen molar-refractivity contribution in [2.75, 3.05) is 0 Å². The van der Waals surface area contributed by atoms with Crippen LogP contribution in [0.3, 0.4) is 0 Å². The highest BCUT2D eigenvalue weighted by Gasteiger charge is 2.22. The molecule has 0 unspecified atom stereocenters. The first-order chi connectivity index (χ1) is 22.6. The van der Waals surface area contributed by atoms with Gasteiger partial charge in [-0.2, -0.15) is 0 Å². The molecule has 4 nitrogen and oxygen atoms in total. The van der Waals surface area contributed by atoms with Crippen molar-refractivity contribution >= 4 is 76.4 Å². The van der Waals surface area contributed by atoms with Crippen LogP contribution in [0, 0.1) is 12.7 Å². The molecule has 0 amide bonds. The molecule has 47 heavy (non-hydrogen) atoms. The van der Waals surface area contributed by atoms with Crippen molar-refractivity contribution in [3.63, 3.8) is 0 Å². The number of carbonyl (C=O) groups excluding carboxylic acids is 2. The van der Waals surface area contributed by atoms with E-state index in [9.17, 15) is 14.0 Å². The fraction of sp³-hybridized carbons (Fsp3) is 0.231. The van der Waals surface area contributed by atoms with Crippen molar-refractivity contribution in [1.29, 1.82) is 0 Å². The number of furan rings is 2. The Balaban J connectivity index is 0.000000177. The number of aryl methyl sites for hydroxylation is 3. The number of hydrogen-bond donors (Lipinski definition) is 0. The van der Waals surface area contributed by atoms with Crippen LogP contribution >= 0.6 is 43.5 Å². The summed E-state index contributed by atoms with van der Waals surface area (Å²) in [6.45, 7) is 6.35. The standard InChI is InChI=1S/C20H19BrO2.C12H13BrO.C7H4ClFO/c1-3-4-5-18-19(16-12-15(21)10-11-17(16)23-18)20(22)14-8-6-13(2)7-9-14;1-2-3-4-11-8-9-7-10(13)5-6-12(9)14-11;8-7(10)5-1-3-6(9)4-2-5/h6-12H,3-5H2,1-2H3;5-8H,2-4H2,1H3;1-4H. The molecule has 4 aromatic carbocycles. The summed E-state index contributed by atoms with van der Waals surface area (Å²) in [6.07, 6.45) is 6.31. The van der Waals surface area contributed by atoms with Crippen LogP contribution in [0.4, 0.5) is 4.39 Å². The second-order valence-corrected chi connectivity index (χ2v) is 13.3. The summed E-state index contributed by atoms with van der Waals surface area (Å²) in [5, 5.41) is 1.50. The lowest BCUT2D eigenvalue weighted by molar-refractivity contribution is 0.103. The van der Waals surface area contributed by atoms with Gasteiger partial charge in [0.05, 0.1) is 5.56 Å². The molecule has 6 rings (SSSR count). The van der Waals surface area contributed by atoms with E-state index in [0.29, 0.717) is 16.7 Å². The van der Waals surface area contributed by atoms with E-state index < -0.39 is 5.24 Å². The molecule has 0 bridgehead atoms. The number of halogens is 4. The number of fused-ring (bicyclic) bond motifs is 2. The van der Waals surface area contributed by atoms with Gasteiger partial charge in [-0.3, -0.25) is 9.59 Å². The molecule has 0 saturated carbocycles. The molecule has 0 radical (unpaired) electrons. The maximum absolute atomic E-state index is 13.1. The molecule has 0 N–H and O–H groups in total. The Kier molecular flexibility index (Phi) is 13.6. The maximum atomic E-state index is 13.1. The highest BCUT2D eigenvalue weighted by atomic mass is 79.9.